The molecule has 2 N–H and O–H groups in total. The largest absolute Gasteiger partial charge is 0.369 e. The number of anilines is 1. The summed E-state index contributed by atoms with van der Waals surface area (Å²) in [6.07, 6.45) is 3.22. The Balaban J connectivity index is 2.15. The van der Waals surface area contributed by atoms with Crippen LogP contribution in [0, 0.1) is 5.92 Å². The fraction of sp³-hybridized carbons (Fsp3) is 0.545. The number of hydrogen-bond acceptors (Lipinski definition) is 5. The smallest absolute Gasteiger partial charge is 0.223 e. The van der Waals surface area contributed by atoms with Gasteiger partial charge in [-0.3, -0.25) is 4.79 Å². The number of likely N-dealkylation sites (N-methyl/N-ethyl adjacent to an activating group) is 1. The van der Waals surface area contributed by atoms with Crippen molar-refractivity contribution in [3.8, 4) is 0 Å². The lowest BCUT2D eigenvalue weighted by Crippen LogP contribution is -2.38. The molecule has 1 atom stereocenters. The first-order valence-electron chi connectivity index (χ1n) is 5.65. The van der Waals surface area contributed by atoms with Crippen molar-refractivity contribution in [1.82, 2.24) is 14.9 Å². The maximum absolute atomic E-state index is 11.4. The second-order valence-electron chi connectivity index (χ2n) is 4.38. The van der Waals surface area contributed by atoms with Crippen LogP contribution in [0.2, 0.25) is 0 Å². The van der Waals surface area contributed by atoms with E-state index in [1.165, 1.54) is 6.33 Å². The summed E-state index contributed by atoms with van der Waals surface area (Å²) in [5.74, 6) is 0.442. The van der Waals surface area contributed by atoms with Gasteiger partial charge in [-0.1, -0.05) is 0 Å². The zero-order valence-electron chi connectivity index (χ0n) is 9.91. The summed E-state index contributed by atoms with van der Waals surface area (Å²) in [5.41, 5.74) is 5.41. The number of primary amides is 1. The zero-order chi connectivity index (χ0) is 12.3. The fourth-order valence-electron chi connectivity index (χ4n) is 2.03. The molecule has 1 aliphatic heterocycles. The first-order valence-corrected chi connectivity index (χ1v) is 5.65. The predicted octanol–water partition coefficient (Wildman–Crippen LogP) is -0.670. The summed E-state index contributed by atoms with van der Waals surface area (Å²) in [6.45, 7) is 3.07. The maximum Gasteiger partial charge on any atom is 0.223 e. The number of rotatable bonds is 2. The quantitative estimate of drug-likeness (QED) is 0.736. The Bertz CT molecular complexity index is 383. The second kappa shape index (κ2) is 5.09. The molecule has 1 aliphatic rings. The lowest BCUT2D eigenvalue weighted by atomic mass is 10.1. The predicted molar refractivity (Wildman–Crippen MR) is 64.4 cm³/mol. The van der Waals surface area contributed by atoms with Gasteiger partial charge in [-0.05, 0) is 13.1 Å². The van der Waals surface area contributed by atoms with Crippen molar-refractivity contribution in [3.05, 3.63) is 18.6 Å². The number of carbonyl (C=O) groups is 1. The Labute approximate surface area is 100 Å². The van der Waals surface area contributed by atoms with Crippen LogP contribution in [0.1, 0.15) is 0 Å². The van der Waals surface area contributed by atoms with Crippen molar-refractivity contribution in [2.45, 2.75) is 0 Å². The van der Waals surface area contributed by atoms with Gasteiger partial charge in [0.05, 0.1) is 5.92 Å². The van der Waals surface area contributed by atoms with Crippen molar-refractivity contribution in [1.29, 1.82) is 0 Å². The number of aromatic nitrogens is 2. The number of nitrogens with zero attached hydrogens (tertiary/aromatic N) is 4. The van der Waals surface area contributed by atoms with Gasteiger partial charge in [-0.15, -0.1) is 0 Å². The molecule has 6 nitrogen and oxygen atoms in total. The molecule has 1 saturated heterocycles. The minimum Gasteiger partial charge on any atom is -0.369 e. The molecule has 0 aliphatic carbocycles. The third-order valence-electron chi connectivity index (χ3n) is 3.02. The lowest BCUT2D eigenvalue weighted by molar-refractivity contribution is -0.121. The summed E-state index contributed by atoms with van der Waals surface area (Å²) in [4.78, 5) is 23.7. The summed E-state index contributed by atoms with van der Waals surface area (Å²) < 4.78 is 0. The monoisotopic (exact) mass is 235 g/mol. The van der Waals surface area contributed by atoms with Crippen LogP contribution in [0.3, 0.4) is 0 Å². The van der Waals surface area contributed by atoms with Gasteiger partial charge in [-0.25, -0.2) is 9.97 Å². The normalized spacial score (nSPS) is 22.2. The van der Waals surface area contributed by atoms with Gasteiger partial charge >= 0.3 is 0 Å². The molecule has 6 heteroatoms. The highest BCUT2D eigenvalue weighted by Gasteiger charge is 2.25. The molecule has 92 valence electrons. The Morgan fingerprint density at radius 3 is 2.94 bits per heavy atom. The average Bonchev–Trinajstić information content (AvgIpc) is 2.52. The highest BCUT2D eigenvalue weighted by Crippen LogP contribution is 2.14. The van der Waals surface area contributed by atoms with Crippen LogP contribution >= 0.6 is 0 Å². The van der Waals surface area contributed by atoms with E-state index in [9.17, 15) is 4.79 Å². The highest BCUT2D eigenvalue weighted by atomic mass is 16.1. The first kappa shape index (κ1) is 11.8. The number of nitrogens with two attached hydrogens (primary N) is 1. The molecule has 0 unspecified atom stereocenters. The molecular weight excluding hydrogens is 218 g/mol. The minimum absolute atomic E-state index is 0.155. The minimum atomic E-state index is -0.252. The van der Waals surface area contributed by atoms with Crippen LogP contribution in [0.4, 0.5) is 5.82 Å². The zero-order valence-corrected chi connectivity index (χ0v) is 9.91. The van der Waals surface area contributed by atoms with Crippen molar-refractivity contribution in [2.75, 3.05) is 38.1 Å². The van der Waals surface area contributed by atoms with Gasteiger partial charge < -0.3 is 15.5 Å². The van der Waals surface area contributed by atoms with Gasteiger partial charge in [0.25, 0.3) is 0 Å². The van der Waals surface area contributed by atoms with Gasteiger partial charge in [-0.2, -0.15) is 0 Å². The molecule has 0 radical (unpaired) electrons. The number of carbonyl (C=O) groups excluding carboxylic acids is 1. The SMILES string of the molecule is CN1CCN(c2ccncn2)C[C@H](C(N)=O)C1. The Hall–Kier alpha value is -1.69. The lowest BCUT2D eigenvalue weighted by Gasteiger charge is -2.23. The molecule has 1 fully saturated rings. The van der Waals surface area contributed by atoms with Gasteiger partial charge in [0.15, 0.2) is 0 Å². The highest BCUT2D eigenvalue weighted by molar-refractivity contribution is 5.77. The number of amides is 1. The molecule has 1 aromatic rings. The van der Waals surface area contributed by atoms with E-state index in [1.54, 1.807) is 6.20 Å². The summed E-state index contributed by atoms with van der Waals surface area (Å²) >= 11 is 0. The molecule has 0 spiro atoms. The Kier molecular flexibility index (Phi) is 3.53. The first-order chi connectivity index (χ1) is 8.16. The summed E-state index contributed by atoms with van der Waals surface area (Å²) in [6, 6.07) is 1.85. The van der Waals surface area contributed by atoms with E-state index >= 15 is 0 Å². The van der Waals surface area contributed by atoms with Crippen LogP contribution < -0.4 is 10.6 Å². The second-order valence-corrected chi connectivity index (χ2v) is 4.38. The van der Waals surface area contributed by atoms with Crippen LogP contribution in [-0.2, 0) is 4.79 Å². The van der Waals surface area contributed by atoms with E-state index in [2.05, 4.69) is 19.8 Å². The van der Waals surface area contributed by atoms with E-state index in [4.69, 9.17) is 5.73 Å². The van der Waals surface area contributed by atoms with Crippen LogP contribution in [-0.4, -0.2) is 54.0 Å². The van der Waals surface area contributed by atoms with Crippen LogP contribution in [0.15, 0.2) is 18.6 Å². The van der Waals surface area contributed by atoms with Crippen molar-refractivity contribution in [3.63, 3.8) is 0 Å². The molecule has 0 bridgehead atoms. The van der Waals surface area contributed by atoms with Gasteiger partial charge in [0.2, 0.25) is 5.91 Å². The van der Waals surface area contributed by atoms with Crippen LogP contribution in [0.25, 0.3) is 0 Å². The molecule has 1 amide bonds. The van der Waals surface area contributed by atoms with Crippen molar-refractivity contribution < 1.29 is 4.79 Å². The summed E-state index contributed by atoms with van der Waals surface area (Å²) in [7, 11) is 2.00. The summed E-state index contributed by atoms with van der Waals surface area (Å²) in [5, 5.41) is 0. The maximum atomic E-state index is 11.4. The Morgan fingerprint density at radius 1 is 1.47 bits per heavy atom. The van der Waals surface area contributed by atoms with Gasteiger partial charge in [0.1, 0.15) is 12.1 Å². The van der Waals surface area contributed by atoms with E-state index in [0.29, 0.717) is 13.1 Å². The van der Waals surface area contributed by atoms with E-state index in [-0.39, 0.29) is 11.8 Å². The third kappa shape index (κ3) is 2.91. The van der Waals surface area contributed by atoms with Crippen molar-refractivity contribution >= 4 is 11.7 Å². The molecule has 17 heavy (non-hydrogen) atoms. The third-order valence-corrected chi connectivity index (χ3v) is 3.02. The number of hydrogen-bond donors (Lipinski definition) is 1. The Morgan fingerprint density at radius 2 is 2.29 bits per heavy atom. The molecule has 1 aromatic heterocycles. The van der Waals surface area contributed by atoms with E-state index < -0.39 is 0 Å². The molecule has 2 heterocycles. The van der Waals surface area contributed by atoms with E-state index in [1.807, 2.05) is 13.1 Å². The average molecular weight is 235 g/mol. The topological polar surface area (TPSA) is 75.3 Å². The molecule has 0 aromatic carbocycles. The van der Waals surface area contributed by atoms with Gasteiger partial charge in [0, 0.05) is 32.4 Å². The van der Waals surface area contributed by atoms with Crippen LogP contribution in [0.5, 0.6) is 0 Å². The molecule has 0 saturated carbocycles. The van der Waals surface area contributed by atoms with E-state index in [0.717, 1.165) is 18.9 Å². The van der Waals surface area contributed by atoms with Crippen molar-refractivity contribution in [2.24, 2.45) is 11.7 Å². The molecule has 2 rings (SSSR count). The molecular formula is C11H17N5O. The fourth-order valence-corrected chi connectivity index (χ4v) is 2.03. The standard InChI is InChI=1S/C11H17N5O/c1-15-4-5-16(7-9(6-15)11(12)17)10-2-3-13-8-14-10/h2-3,8-9H,4-7H2,1H3,(H2,12,17)/t9-/m1/s1.